The van der Waals surface area contributed by atoms with Gasteiger partial charge in [-0.15, -0.1) is 0 Å². The molecule has 0 aliphatic carbocycles. The number of nitrogens with zero attached hydrogens (tertiary/aromatic N) is 1. The molecule has 0 spiro atoms. The molecule has 0 bridgehead atoms. The van der Waals surface area contributed by atoms with Crippen molar-refractivity contribution < 1.29 is 14.5 Å². The van der Waals surface area contributed by atoms with Gasteiger partial charge in [0.05, 0.1) is 17.0 Å². The largest absolute Gasteiger partial charge is 0.372 e. The topological polar surface area (TPSA) is 101 Å². The van der Waals surface area contributed by atoms with Gasteiger partial charge in [-0.1, -0.05) is 0 Å². The minimum absolute atomic E-state index is 0.0218. The van der Waals surface area contributed by atoms with Crippen molar-refractivity contribution >= 4 is 39.1 Å². The van der Waals surface area contributed by atoms with Crippen LogP contribution in [0.1, 0.15) is 6.42 Å². The Kier molecular flexibility index (Phi) is 3.28. The lowest BCUT2D eigenvalue weighted by Crippen LogP contribution is -2.30. The second-order valence-electron chi connectivity index (χ2n) is 3.73. The highest BCUT2D eigenvalue weighted by Crippen LogP contribution is 2.28. The Labute approximate surface area is 110 Å². The number of halogens is 1. The molecule has 1 fully saturated rings. The van der Waals surface area contributed by atoms with Crippen molar-refractivity contribution in [1.82, 2.24) is 5.32 Å². The summed E-state index contributed by atoms with van der Waals surface area (Å²) in [4.78, 5) is 32.5. The molecule has 0 radical (unpaired) electrons. The van der Waals surface area contributed by atoms with Crippen molar-refractivity contribution in [2.24, 2.45) is 0 Å². The highest BCUT2D eigenvalue weighted by molar-refractivity contribution is 9.10. The van der Waals surface area contributed by atoms with Gasteiger partial charge in [0.15, 0.2) is 0 Å². The molecule has 2 N–H and O–H groups in total. The van der Waals surface area contributed by atoms with Crippen LogP contribution in [0.3, 0.4) is 0 Å². The minimum Gasteiger partial charge on any atom is -0.372 e. The maximum absolute atomic E-state index is 11.4. The zero-order valence-corrected chi connectivity index (χ0v) is 10.6. The molecule has 1 aromatic carbocycles. The van der Waals surface area contributed by atoms with E-state index < -0.39 is 16.9 Å². The third-order valence-electron chi connectivity index (χ3n) is 2.46. The summed E-state index contributed by atoms with van der Waals surface area (Å²) in [5, 5.41) is 15.6. The Morgan fingerprint density at radius 3 is 2.72 bits per heavy atom. The van der Waals surface area contributed by atoms with Gasteiger partial charge in [0.2, 0.25) is 11.8 Å². The minimum atomic E-state index is -0.698. The van der Waals surface area contributed by atoms with Crippen molar-refractivity contribution in [2.75, 3.05) is 5.32 Å². The van der Waals surface area contributed by atoms with Crippen LogP contribution in [0.15, 0.2) is 22.7 Å². The fraction of sp³-hybridized carbons (Fsp3) is 0.200. The second kappa shape index (κ2) is 4.73. The maximum Gasteiger partial charge on any atom is 0.271 e. The van der Waals surface area contributed by atoms with Crippen LogP contribution in [-0.4, -0.2) is 22.8 Å². The molecule has 8 heteroatoms. The van der Waals surface area contributed by atoms with Crippen LogP contribution in [0.4, 0.5) is 11.4 Å². The van der Waals surface area contributed by atoms with E-state index in [1.54, 1.807) is 0 Å². The normalized spacial score (nSPS) is 18.6. The van der Waals surface area contributed by atoms with E-state index >= 15 is 0 Å². The number of carbonyl (C=O) groups excluding carboxylic acids is 2. The number of carbonyl (C=O) groups is 2. The first-order valence-electron chi connectivity index (χ1n) is 5.01. The van der Waals surface area contributed by atoms with Crippen molar-refractivity contribution in [2.45, 2.75) is 12.5 Å². The summed E-state index contributed by atoms with van der Waals surface area (Å²) in [5.74, 6) is -0.794. The molecule has 7 nitrogen and oxygen atoms in total. The number of imide groups is 1. The first-order chi connectivity index (χ1) is 8.47. The zero-order valence-electron chi connectivity index (χ0n) is 8.97. The maximum atomic E-state index is 11.4. The molecular formula is C10H8BrN3O4. The van der Waals surface area contributed by atoms with Crippen LogP contribution in [-0.2, 0) is 9.59 Å². The number of amides is 2. The van der Waals surface area contributed by atoms with Crippen LogP contribution in [0.5, 0.6) is 0 Å². The first kappa shape index (κ1) is 12.5. The molecule has 1 atom stereocenters. The Morgan fingerprint density at radius 2 is 2.17 bits per heavy atom. The predicted molar refractivity (Wildman–Crippen MR) is 66.0 cm³/mol. The fourth-order valence-electron chi connectivity index (χ4n) is 1.60. The first-order valence-corrected chi connectivity index (χ1v) is 5.81. The van der Waals surface area contributed by atoms with E-state index in [0.29, 0.717) is 10.2 Å². The van der Waals surface area contributed by atoms with Crippen LogP contribution < -0.4 is 10.6 Å². The molecule has 0 saturated carbocycles. The van der Waals surface area contributed by atoms with E-state index in [0.717, 1.165) is 0 Å². The fourth-order valence-corrected chi connectivity index (χ4v) is 1.96. The lowest BCUT2D eigenvalue weighted by molar-refractivity contribution is -0.384. The van der Waals surface area contributed by atoms with E-state index in [9.17, 15) is 19.7 Å². The summed E-state index contributed by atoms with van der Waals surface area (Å²) < 4.78 is 0.584. The molecule has 1 aliphatic rings. The van der Waals surface area contributed by atoms with Gasteiger partial charge in [-0.25, -0.2) is 0 Å². The number of nitrogens with one attached hydrogen (secondary N) is 2. The van der Waals surface area contributed by atoms with Crippen LogP contribution in [0.2, 0.25) is 0 Å². The van der Waals surface area contributed by atoms with Gasteiger partial charge in [0.1, 0.15) is 6.04 Å². The Hall–Kier alpha value is -1.96. The van der Waals surface area contributed by atoms with Crippen molar-refractivity contribution in [3.05, 3.63) is 32.8 Å². The van der Waals surface area contributed by atoms with E-state index in [1.165, 1.54) is 18.2 Å². The average Bonchev–Trinajstić information content (AvgIpc) is 2.60. The quantitative estimate of drug-likeness (QED) is 0.496. The molecule has 1 aromatic rings. The number of nitro benzene ring substituents is 1. The number of rotatable bonds is 3. The zero-order chi connectivity index (χ0) is 13.3. The number of hydrogen-bond donors (Lipinski definition) is 2. The van der Waals surface area contributed by atoms with Crippen molar-refractivity contribution in [1.29, 1.82) is 0 Å². The molecule has 0 aromatic heterocycles. The summed E-state index contributed by atoms with van der Waals surface area (Å²) in [6, 6.07) is 3.46. The third kappa shape index (κ3) is 2.48. The Morgan fingerprint density at radius 1 is 1.44 bits per heavy atom. The van der Waals surface area contributed by atoms with Crippen LogP contribution in [0.25, 0.3) is 0 Å². The Balaban J connectivity index is 2.23. The predicted octanol–water partition coefficient (Wildman–Crippen LogP) is 1.18. The summed E-state index contributed by atoms with van der Waals surface area (Å²) in [5.41, 5.74) is 0.310. The summed E-state index contributed by atoms with van der Waals surface area (Å²) in [6.07, 6.45) is 0.0218. The molecular weight excluding hydrogens is 306 g/mol. The molecule has 94 valence electrons. The highest BCUT2D eigenvalue weighted by Gasteiger charge is 2.30. The molecule has 18 heavy (non-hydrogen) atoms. The van der Waals surface area contributed by atoms with Crippen molar-refractivity contribution in [3.8, 4) is 0 Å². The number of hydrogen-bond acceptors (Lipinski definition) is 5. The van der Waals surface area contributed by atoms with Gasteiger partial charge >= 0.3 is 0 Å². The Bertz CT molecular complexity index is 546. The molecule has 1 saturated heterocycles. The number of nitro groups is 1. The molecule has 1 heterocycles. The highest BCUT2D eigenvalue weighted by atomic mass is 79.9. The molecule has 2 amide bonds. The summed E-state index contributed by atoms with van der Waals surface area (Å²) >= 11 is 3.22. The smallest absolute Gasteiger partial charge is 0.271 e. The average molecular weight is 314 g/mol. The molecule has 1 unspecified atom stereocenters. The standard InChI is InChI=1S/C10H8BrN3O4/c11-6-2-1-5(14(17)18)3-7(6)12-8-4-9(15)13-10(8)16/h1-3,8,12H,4H2,(H,13,15,16). The van der Waals surface area contributed by atoms with Crippen LogP contribution in [0, 0.1) is 10.1 Å². The van der Waals surface area contributed by atoms with Gasteiger partial charge in [-0.05, 0) is 22.0 Å². The van der Waals surface area contributed by atoms with Crippen molar-refractivity contribution in [3.63, 3.8) is 0 Å². The molecule has 2 rings (SSSR count). The van der Waals surface area contributed by atoms with Gasteiger partial charge in [-0.3, -0.25) is 25.0 Å². The third-order valence-corrected chi connectivity index (χ3v) is 3.15. The second-order valence-corrected chi connectivity index (χ2v) is 4.59. The van der Waals surface area contributed by atoms with Gasteiger partial charge in [0.25, 0.3) is 5.69 Å². The van der Waals surface area contributed by atoms with E-state index in [1.807, 2.05) is 0 Å². The van der Waals surface area contributed by atoms with E-state index in [2.05, 4.69) is 26.6 Å². The van der Waals surface area contributed by atoms with E-state index in [4.69, 9.17) is 0 Å². The van der Waals surface area contributed by atoms with Crippen LogP contribution >= 0.6 is 15.9 Å². The number of anilines is 1. The SMILES string of the molecule is O=C1CC(Nc2cc([N+](=O)[O-])ccc2Br)C(=O)N1. The summed E-state index contributed by atoms with van der Waals surface area (Å²) in [6.45, 7) is 0. The van der Waals surface area contributed by atoms with Gasteiger partial charge < -0.3 is 5.32 Å². The summed E-state index contributed by atoms with van der Waals surface area (Å²) in [7, 11) is 0. The lowest BCUT2D eigenvalue weighted by Gasteiger charge is -2.12. The monoisotopic (exact) mass is 313 g/mol. The number of benzene rings is 1. The van der Waals surface area contributed by atoms with Gasteiger partial charge in [0, 0.05) is 16.6 Å². The number of non-ortho nitro benzene ring substituents is 1. The lowest BCUT2D eigenvalue weighted by atomic mass is 10.2. The van der Waals surface area contributed by atoms with E-state index in [-0.39, 0.29) is 18.0 Å². The van der Waals surface area contributed by atoms with Gasteiger partial charge in [-0.2, -0.15) is 0 Å². The molecule has 1 aliphatic heterocycles.